The van der Waals surface area contributed by atoms with E-state index in [0.717, 1.165) is 122 Å². The van der Waals surface area contributed by atoms with Gasteiger partial charge in [0, 0.05) is 19.3 Å². The second-order valence-electron chi connectivity index (χ2n) is 21.3. The van der Waals surface area contributed by atoms with E-state index in [2.05, 4.69) is 130 Å². The van der Waals surface area contributed by atoms with Gasteiger partial charge in [0.25, 0.3) is 0 Å². The molecule has 0 saturated carbocycles. The molecule has 0 heterocycles. The summed E-state index contributed by atoms with van der Waals surface area (Å²) in [7, 11) is 0. The van der Waals surface area contributed by atoms with Gasteiger partial charge in [0.2, 0.25) is 0 Å². The number of allylic oxidation sites excluding steroid dienone is 18. The van der Waals surface area contributed by atoms with Crippen LogP contribution in [-0.4, -0.2) is 37.2 Å². The summed E-state index contributed by atoms with van der Waals surface area (Å²) in [5.74, 6) is -0.894. The van der Waals surface area contributed by atoms with Gasteiger partial charge in [-0.1, -0.05) is 284 Å². The zero-order valence-electron chi connectivity index (χ0n) is 50.4. The van der Waals surface area contributed by atoms with Crippen molar-refractivity contribution in [2.45, 2.75) is 309 Å². The van der Waals surface area contributed by atoms with Crippen molar-refractivity contribution in [1.29, 1.82) is 0 Å². The highest BCUT2D eigenvalue weighted by Crippen LogP contribution is 2.16. The van der Waals surface area contributed by atoms with Gasteiger partial charge >= 0.3 is 17.9 Å². The summed E-state index contributed by atoms with van der Waals surface area (Å²) < 4.78 is 16.9. The van der Waals surface area contributed by atoms with Crippen LogP contribution in [-0.2, 0) is 28.6 Å². The molecule has 0 N–H and O–H groups in total. The molecular formula is C71H120O6. The van der Waals surface area contributed by atoms with Gasteiger partial charge in [0.1, 0.15) is 13.2 Å². The van der Waals surface area contributed by atoms with Gasteiger partial charge in [0.05, 0.1) is 0 Å². The number of ether oxygens (including phenoxy) is 3. The number of unbranched alkanes of at least 4 members (excludes halogenated alkanes) is 29. The van der Waals surface area contributed by atoms with Crippen LogP contribution < -0.4 is 0 Å². The first-order valence-corrected chi connectivity index (χ1v) is 32.4. The summed E-state index contributed by atoms with van der Waals surface area (Å²) in [5.41, 5.74) is 0. The normalized spacial score (nSPS) is 12.8. The molecule has 0 rings (SSSR count). The fourth-order valence-electron chi connectivity index (χ4n) is 8.92. The molecule has 0 aliphatic carbocycles. The van der Waals surface area contributed by atoms with Crippen molar-refractivity contribution < 1.29 is 28.6 Å². The molecule has 0 radical (unpaired) electrons. The maximum absolute atomic E-state index is 12.9. The lowest BCUT2D eigenvalue weighted by molar-refractivity contribution is -0.167. The number of hydrogen-bond donors (Lipinski definition) is 0. The van der Waals surface area contributed by atoms with Gasteiger partial charge in [-0.15, -0.1) is 0 Å². The molecule has 6 nitrogen and oxygen atoms in total. The van der Waals surface area contributed by atoms with E-state index in [1.807, 2.05) is 0 Å². The van der Waals surface area contributed by atoms with Crippen molar-refractivity contribution in [3.05, 3.63) is 109 Å². The summed E-state index contributed by atoms with van der Waals surface area (Å²) in [6, 6.07) is 0. The van der Waals surface area contributed by atoms with Gasteiger partial charge in [-0.3, -0.25) is 14.4 Å². The molecule has 0 fully saturated rings. The van der Waals surface area contributed by atoms with E-state index in [4.69, 9.17) is 14.2 Å². The van der Waals surface area contributed by atoms with E-state index in [1.165, 1.54) is 141 Å². The van der Waals surface area contributed by atoms with Gasteiger partial charge in [0.15, 0.2) is 6.10 Å². The third-order valence-electron chi connectivity index (χ3n) is 13.8. The summed E-state index contributed by atoms with van der Waals surface area (Å²) >= 11 is 0. The van der Waals surface area contributed by atoms with Crippen molar-refractivity contribution in [2.75, 3.05) is 13.2 Å². The Morgan fingerprint density at radius 3 is 0.818 bits per heavy atom. The van der Waals surface area contributed by atoms with E-state index >= 15 is 0 Å². The van der Waals surface area contributed by atoms with Crippen LogP contribution in [0.5, 0.6) is 0 Å². The van der Waals surface area contributed by atoms with Crippen LogP contribution in [0.1, 0.15) is 303 Å². The SMILES string of the molecule is CC/C=C\C/C=C\C/C=C\C/C=C\C/C=C\C/C=C\C/C=C\CCCCCCCCCC(=O)OCC(COC(=O)CCCCCCCCCCCCCCC)OC(=O)CCCCCCCCC/C=C\C/C=C\CCCCC. The molecule has 6 heteroatoms. The topological polar surface area (TPSA) is 78.9 Å². The molecule has 0 bridgehead atoms. The standard InChI is InChI=1S/C71H120O6/c1-4-7-10-13-16-19-22-25-27-29-30-31-32-33-34-35-36-37-38-39-40-42-43-46-49-52-55-58-61-64-70(73)76-67-68(66-75-69(72)63-60-57-54-51-48-45-24-21-18-15-12-9-6-3)77-71(74)65-62-59-56-53-50-47-44-41-28-26-23-20-17-14-11-8-5-2/h7,10,16-17,19-20,25-28,30-31,33-34,36-37,39-40,68H,4-6,8-9,11-15,18,21-24,29,32,35,38,41-67H2,1-3H3/b10-7-,19-16-,20-17-,27-25-,28-26-,31-30-,34-33-,37-36-,40-39-. The number of carbonyl (C=O) groups is 3. The lowest BCUT2D eigenvalue weighted by atomic mass is 10.0. The highest BCUT2D eigenvalue weighted by molar-refractivity contribution is 5.71. The van der Waals surface area contributed by atoms with Crippen LogP contribution in [0.15, 0.2) is 109 Å². The molecule has 0 aliphatic rings. The van der Waals surface area contributed by atoms with Crippen molar-refractivity contribution >= 4 is 17.9 Å². The van der Waals surface area contributed by atoms with Gasteiger partial charge < -0.3 is 14.2 Å². The Labute approximate surface area is 476 Å². The summed E-state index contributed by atoms with van der Waals surface area (Å²) in [5, 5.41) is 0. The van der Waals surface area contributed by atoms with Crippen LogP contribution in [0, 0.1) is 0 Å². The first-order chi connectivity index (χ1) is 38.0. The lowest BCUT2D eigenvalue weighted by Crippen LogP contribution is -2.30. The zero-order valence-corrected chi connectivity index (χ0v) is 50.4. The van der Waals surface area contributed by atoms with Crippen molar-refractivity contribution in [3.63, 3.8) is 0 Å². The third-order valence-corrected chi connectivity index (χ3v) is 13.8. The molecule has 0 saturated heterocycles. The molecule has 1 unspecified atom stereocenters. The fourth-order valence-corrected chi connectivity index (χ4v) is 8.92. The third kappa shape index (κ3) is 62.8. The molecular weight excluding hydrogens is 949 g/mol. The Morgan fingerprint density at radius 2 is 0.506 bits per heavy atom. The predicted octanol–water partition coefficient (Wildman–Crippen LogP) is 22.2. The van der Waals surface area contributed by atoms with Gasteiger partial charge in [-0.2, -0.15) is 0 Å². The Bertz CT molecular complexity index is 1560. The quantitative estimate of drug-likeness (QED) is 0.0261. The highest BCUT2D eigenvalue weighted by Gasteiger charge is 2.19. The Kier molecular flexibility index (Phi) is 61.3. The Balaban J connectivity index is 4.33. The van der Waals surface area contributed by atoms with Crippen molar-refractivity contribution in [2.24, 2.45) is 0 Å². The van der Waals surface area contributed by atoms with Crippen LogP contribution in [0.2, 0.25) is 0 Å². The number of esters is 3. The largest absolute Gasteiger partial charge is 0.462 e. The second kappa shape index (κ2) is 64.6. The first-order valence-electron chi connectivity index (χ1n) is 32.4. The number of rotatable bonds is 58. The van der Waals surface area contributed by atoms with E-state index in [9.17, 15) is 14.4 Å². The molecule has 0 aromatic carbocycles. The lowest BCUT2D eigenvalue weighted by Gasteiger charge is -2.18. The number of carbonyl (C=O) groups excluding carboxylic acids is 3. The van der Waals surface area contributed by atoms with Crippen LogP contribution in [0.25, 0.3) is 0 Å². The van der Waals surface area contributed by atoms with E-state index in [1.54, 1.807) is 0 Å². The fraction of sp³-hybridized carbons (Fsp3) is 0.704. The summed E-state index contributed by atoms with van der Waals surface area (Å²) in [6.45, 7) is 6.51. The maximum atomic E-state index is 12.9. The van der Waals surface area contributed by atoms with E-state index < -0.39 is 6.10 Å². The minimum Gasteiger partial charge on any atom is -0.462 e. The molecule has 0 spiro atoms. The average Bonchev–Trinajstić information content (AvgIpc) is 3.43. The van der Waals surface area contributed by atoms with Gasteiger partial charge in [-0.25, -0.2) is 0 Å². The van der Waals surface area contributed by atoms with Crippen LogP contribution in [0.4, 0.5) is 0 Å². The van der Waals surface area contributed by atoms with Crippen molar-refractivity contribution in [1.82, 2.24) is 0 Å². The molecule has 0 aromatic rings. The average molecular weight is 1070 g/mol. The Hall–Kier alpha value is -3.93. The molecule has 0 aliphatic heterocycles. The maximum Gasteiger partial charge on any atom is 0.306 e. The van der Waals surface area contributed by atoms with E-state index in [0.29, 0.717) is 19.3 Å². The smallest absolute Gasteiger partial charge is 0.306 e. The van der Waals surface area contributed by atoms with Crippen molar-refractivity contribution in [3.8, 4) is 0 Å². The Morgan fingerprint density at radius 1 is 0.273 bits per heavy atom. The number of hydrogen-bond acceptors (Lipinski definition) is 6. The predicted molar refractivity (Wildman–Crippen MR) is 334 cm³/mol. The van der Waals surface area contributed by atoms with Crippen LogP contribution in [0.3, 0.4) is 0 Å². The highest BCUT2D eigenvalue weighted by atomic mass is 16.6. The minimum atomic E-state index is -0.788. The van der Waals surface area contributed by atoms with Gasteiger partial charge in [-0.05, 0) is 109 Å². The van der Waals surface area contributed by atoms with Crippen LogP contribution >= 0.6 is 0 Å². The molecule has 440 valence electrons. The summed E-state index contributed by atoms with van der Waals surface area (Å²) in [4.78, 5) is 38.3. The molecule has 0 amide bonds. The second-order valence-corrected chi connectivity index (χ2v) is 21.3. The molecule has 0 aromatic heterocycles. The molecule has 77 heavy (non-hydrogen) atoms. The molecule has 1 atom stereocenters. The first kappa shape index (κ1) is 73.1. The zero-order chi connectivity index (χ0) is 55.7. The monoisotopic (exact) mass is 1070 g/mol. The summed E-state index contributed by atoms with van der Waals surface area (Å²) in [6.07, 6.45) is 88.0. The van der Waals surface area contributed by atoms with E-state index in [-0.39, 0.29) is 31.1 Å². The minimum absolute atomic E-state index is 0.0828.